The molecule has 2 nitrogen and oxygen atoms in total. The second-order valence-corrected chi connectivity index (χ2v) is 7.59. The van der Waals surface area contributed by atoms with Gasteiger partial charge in [0.05, 0.1) is 5.41 Å². The minimum absolute atomic E-state index is 0.0201. The van der Waals surface area contributed by atoms with Gasteiger partial charge in [-0.25, -0.2) is 0 Å². The Bertz CT molecular complexity index is 341. The highest BCUT2D eigenvalue weighted by Crippen LogP contribution is 2.50. The van der Waals surface area contributed by atoms with Crippen molar-refractivity contribution in [3.63, 3.8) is 0 Å². The fraction of sp³-hybridized carbons (Fsp3) is 0.944. The molecule has 0 aromatic rings. The van der Waals surface area contributed by atoms with Gasteiger partial charge in [0.15, 0.2) is 0 Å². The van der Waals surface area contributed by atoms with Crippen LogP contribution in [-0.4, -0.2) is 11.6 Å². The van der Waals surface area contributed by atoms with Crippen LogP contribution in [-0.2, 0) is 9.53 Å². The highest BCUT2D eigenvalue weighted by Gasteiger charge is 2.49. The van der Waals surface area contributed by atoms with Gasteiger partial charge in [-0.2, -0.15) is 0 Å². The van der Waals surface area contributed by atoms with Crippen molar-refractivity contribution < 1.29 is 9.53 Å². The van der Waals surface area contributed by atoms with Crippen LogP contribution >= 0.6 is 0 Å². The molecule has 2 atom stereocenters. The van der Waals surface area contributed by atoms with Crippen molar-refractivity contribution in [3.05, 3.63) is 0 Å². The Morgan fingerprint density at radius 3 is 2.35 bits per heavy atom. The monoisotopic (exact) mass is 280 g/mol. The largest absolute Gasteiger partial charge is 0.458 e. The van der Waals surface area contributed by atoms with Crippen molar-refractivity contribution >= 4 is 5.97 Å². The lowest BCUT2D eigenvalue weighted by Crippen LogP contribution is -2.44. The predicted molar refractivity (Wildman–Crippen MR) is 82.5 cm³/mol. The van der Waals surface area contributed by atoms with Gasteiger partial charge in [-0.05, 0) is 51.9 Å². The molecule has 0 N–H and O–H groups in total. The van der Waals surface area contributed by atoms with Crippen LogP contribution in [0.4, 0.5) is 0 Å². The molecule has 0 heterocycles. The van der Waals surface area contributed by atoms with E-state index in [9.17, 15) is 4.79 Å². The van der Waals surface area contributed by atoms with Crippen LogP contribution in [0.5, 0.6) is 0 Å². The van der Waals surface area contributed by atoms with Crippen molar-refractivity contribution in [2.45, 2.75) is 91.1 Å². The fourth-order valence-corrected chi connectivity index (χ4v) is 4.20. The molecule has 0 aromatic carbocycles. The average molecular weight is 280 g/mol. The minimum atomic E-state index is -0.342. The molecule has 2 unspecified atom stereocenters. The molecule has 0 bridgehead atoms. The topological polar surface area (TPSA) is 26.3 Å². The van der Waals surface area contributed by atoms with E-state index in [0.717, 1.165) is 25.2 Å². The summed E-state index contributed by atoms with van der Waals surface area (Å²) in [7, 11) is 0. The van der Waals surface area contributed by atoms with Gasteiger partial charge in [-0.15, -0.1) is 0 Å². The molecule has 2 aliphatic carbocycles. The lowest BCUT2D eigenvalue weighted by molar-refractivity contribution is -0.177. The van der Waals surface area contributed by atoms with Crippen LogP contribution in [0.25, 0.3) is 0 Å². The van der Waals surface area contributed by atoms with E-state index in [1.54, 1.807) is 0 Å². The Balaban J connectivity index is 2.13. The van der Waals surface area contributed by atoms with Gasteiger partial charge < -0.3 is 4.74 Å². The quantitative estimate of drug-likeness (QED) is 0.654. The number of esters is 1. The predicted octanol–water partition coefficient (Wildman–Crippen LogP) is 5.10. The standard InChI is InChI=1S/C18H32O2/c1-5-17(3,4)16(19)20-18(6-2)13-9-12-15(18)14-10-7-8-11-14/h14-15H,5-13H2,1-4H3. The van der Waals surface area contributed by atoms with E-state index in [-0.39, 0.29) is 17.0 Å². The van der Waals surface area contributed by atoms with Crippen LogP contribution in [0.3, 0.4) is 0 Å². The molecular formula is C18H32O2. The molecule has 2 fully saturated rings. The van der Waals surface area contributed by atoms with Gasteiger partial charge in [-0.1, -0.05) is 39.5 Å². The summed E-state index contributed by atoms with van der Waals surface area (Å²) in [6.45, 7) is 8.30. The Hall–Kier alpha value is -0.530. The molecule has 20 heavy (non-hydrogen) atoms. The molecule has 2 rings (SSSR count). The number of hydrogen-bond acceptors (Lipinski definition) is 2. The highest BCUT2D eigenvalue weighted by atomic mass is 16.6. The number of rotatable bonds is 5. The summed E-state index contributed by atoms with van der Waals surface area (Å²) < 4.78 is 6.19. The zero-order valence-electron chi connectivity index (χ0n) is 13.8. The fourth-order valence-electron chi connectivity index (χ4n) is 4.20. The Labute approximate surface area is 124 Å². The Morgan fingerprint density at radius 1 is 1.15 bits per heavy atom. The third-order valence-electron chi connectivity index (χ3n) is 6.09. The number of carbonyl (C=O) groups excluding carboxylic acids is 1. The minimum Gasteiger partial charge on any atom is -0.458 e. The van der Waals surface area contributed by atoms with Gasteiger partial charge in [0, 0.05) is 5.92 Å². The lowest BCUT2D eigenvalue weighted by atomic mass is 9.77. The maximum atomic E-state index is 12.6. The summed E-state index contributed by atoms with van der Waals surface area (Å²) in [5.74, 6) is 1.44. The van der Waals surface area contributed by atoms with Crippen molar-refractivity contribution in [2.24, 2.45) is 17.3 Å². The molecule has 0 spiro atoms. The lowest BCUT2D eigenvalue weighted by Gasteiger charge is -2.39. The van der Waals surface area contributed by atoms with E-state index in [2.05, 4.69) is 13.8 Å². The first kappa shape index (κ1) is 15.9. The van der Waals surface area contributed by atoms with Crippen LogP contribution < -0.4 is 0 Å². The molecule has 2 saturated carbocycles. The Morgan fingerprint density at radius 2 is 1.80 bits per heavy atom. The van der Waals surface area contributed by atoms with Gasteiger partial charge in [0.1, 0.15) is 5.60 Å². The first-order chi connectivity index (χ1) is 9.45. The molecule has 0 saturated heterocycles. The second-order valence-electron chi connectivity index (χ2n) is 7.59. The van der Waals surface area contributed by atoms with Crippen molar-refractivity contribution in [1.29, 1.82) is 0 Å². The van der Waals surface area contributed by atoms with E-state index in [1.807, 2.05) is 13.8 Å². The van der Waals surface area contributed by atoms with E-state index < -0.39 is 0 Å². The molecule has 2 aliphatic rings. The van der Waals surface area contributed by atoms with Gasteiger partial charge in [0.2, 0.25) is 0 Å². The molecular weight excluding hydrogens is 248 g/mol. The smallest absolute Gasteiger partial charge is 0.312 e. The van der Waals surface area contributed by atoms with Crippen LogP contribution in [0, 0.1) is 17.3 Å². The van der Waals surface area contributed by atoms with Crippen molar-refractivity contribution in [3.8, 4) is 0 Å². The molecule has 2 heteroatoms. The Kier molecular flexibility index (Phi) is 4.81. The summed E-state index contributed by atoms with van der Waals surface area (Å²) in [6.07, 6.45) is 10.8. The summed E-state index contributed by atoms with van der Waals surface area (Å²) in [5, 5.41) is 0. The van der Waals surface area contributed by atoms with Crippen LogP contribution in [0.1, 0.15) is 85.5 Å². The molecule has 0 aliphatic heterocycles. The van der Waals surface area contributed by atoms with E-state index in [1.165, 1.54) is 38.5 Å². The number of hydrogen-bond donors (Lipinski definition) is 0. The zero-order chi connectivity index (χ0) is 14.8. The maximum absolute atomic E-state index is 12.6. The van der Waals surface area contributed by atoms with Gasteiger partial charge >= 0.3 is 5.97 Å². The summed E-state index contributed by atoms with van der Waals surface area (Å²) in [4.78, 5) is 12.6. The molecule has 116 valence electrons. The van der Waals surface area contributed by atoms with Crippen molar-refractivity contribution in [2.75, 3.05) is 0 Å². The maximum Gasteiger partial charge on any atom is 0.312 e. The highest BCUT2D eigenvalue weighted by molar-refractivity contribution is 5.76. The third kappa shape index (κ3) is 2.89. The molecule has 0 amide bonds. The van der Waals surface area contributed by atoms with Crippen molar-refractivity contribution in [1.82, 2.24) is 0 Å². The average Bonchev–Trinajstić information content (AvgIpc) is 3.07. The summed E-state index contributed by atoms with van der Waals surface area (Å²) in [6, 6.07) is 0. The number of ether oxygens (including phenoxy) is 1. The van der Waals surface area contributed by atoms with E-state index in [4.69, 9.17) is 4.74 Å². The zero-order valence-corrected chi connectivity index (χ0v) is 13.8. The summed E-state index contributed by atoms with van der Waals surface area (Å²) >= 11 is 0. The van der Waals surface area contributed by atoms with Crippen LogP contribution in [0.2, 0.25) is 0 Å². The SMILES string of the molecule is CCC(C)(C)C(=O)OC1(CC)CCCC1C1CCCC1. The first-order valence-electron chi connectivity index (χ1n) is 8.68. The molecule has 0 radical (unpaired) electrons. The first-order valence-corrected chi connectivity index (χ1v) is 8.68. The van der Waals surface area contributed by atoms with Gasteiger partial charge in [0.25, 0.3) is 0 Å². The van der Waals surface area contributed by atoms with Gasteiger partial charge in [-0.3, -0.25) is 4.79 Å². The van der Waals surface area contributed by atoms with E-state index in [0.29, 0.717) is 5.92 Å². The third-order valence-corrected chi connectivity index (χ3v) is 6.09. The molecule has 0 aromatic heterocycles. The second kappa shape index (κ2) is 6.07. The van der Waals surface area contributed by atoms with Crippen LogP contribution in [0.15, 0.2) is 0 Å². The normalized spacial score (nSPS) is 31.7. The van der Waals surface area contributed by atoms with E-state index >= 15 is 0 Å². The number of carbonyl (C=O) groups is 1. The summed E-state index contributed by atoms with van der Waals surface area (Å²) in [5.41, 5.74) is -0.497.